The summed E-state index contributed by atoms with van der Waals surface area (Å²) in [5.74, 6) is 0.226. The Labute approximate surface area is 130 Å². The fraction of sp³-hybridized carbons (Fsp3) is 0.538. The van der Waals surface area contributed by atoms with Gasteiger partial charge in [-0.1, -0.05) is 12.1 Å². The zero-order valence-electron chi connectivity index (χ0n) is 11.2. The zero-order valence-corrected chi connectivity index (χ0v) is 12.9. The number of nitrogens with zero attached hydrogens (tertiary/aromatic N) is 1. The van der Waals surface area contributed by atoms with Gasteiger partial charge in [-0.25, -0.2) is 0 Å². The van der Waals surface area contributed by atoms with Gasteiger partial charge in [-0.3, -0.25) is 4.90 Å². The van der Waals surface area contributed by atoms with Crippen molar-refractivity contribution < 1.29 is 13.5 Å². The van der Waals surface area contributed by atoms with Gasteiger partial charge in [0.2, 0.25) is 0 Å². The first-order chi connectivity index (χ1) is 8.66. The highest BCUT2D eigenvalue weighted by Gasteiger charge is 2.18. The predicted octanol–water partition coefficient (Wildman–Crippen LogP) is 3.10. The minimum atomic E-state index is -2.77. The van der Waals surface area contributed by atoms with Gasteiger partial charge in [0.25, 0.3) is 0 Å². The van der Waals surface area contributed by atoms with Gasteiger partial charge in [-0.2, -0.15) is 8.78 Å². The smallest absolute Gasteiger partial charge is 0.387 e. The van der Waals surface area contributed by atoms with Crippen molar-refractivity contribution in [1.29, 1.82) is 0 Å². The number of alkyl halides is 2. The van der Waals surface area contributed by atoms with Crippen molar-refractivity contribution in [3.8, 4) is 5.75 Å². The van der Waals surface area contributed by atoms with Gasteiger partial charge in [-0.05, 0) is 24.6 Å². The molecule has 1 atom stereocenters. The fourth-order valence-electron chi connectivity index (χ4n) is 2.23. The summed E-state index contributed by atoms with van der Waals surface area (Å²) in [4.78, 5) is 2.33. The van der Waals surface area contributed by atoms with E-state index in [1.165, 1.54) is 0 Å². The average molecular weight is 329 g/mol. The highest BCUT2D eigenvalue weighted by atomic mass is 35.5. The molecule has 7 heteroatoms. The quantitative estimate of drug-likeness (QED) is 0.919. The van der Waals surface area contributed by atoms with Crippen LogP contribution in [0.15, 0.2) is 24.3 Å². The molecule has 0 unspecified atom stereocenters. The third kappa shape index (κ3) is 5.40. The molecule has 1 aliphatic rings. The maximum absolute atomic E-state index is 12.2. The van der Waals surface area contributed by atoms with Crippen LogP contribution in [0.4, 0.5) is 8.78 Å². The lowest BCUT2D eigenvalue weighted by Crippen LogP contribution is -2.44. The topological polar surface area (TPSA) is 24.5 Å². The van der Waals surface area contributed by atoms with Crippen molar-refractivity contribution in [2.45, 2.75) is 19.6 Å². The molecular weight excluding hydrogens is 309 g/mol. The minimum Gasteiger partial charge on any atom is -0.435 e. The van der Waals surface area contributed by atoms with Crippen molar-refractivity contribution in [2.24, 2.45) is 0 Å². The Morgan fingerprint density at radius 1 is 1.20 bits per heavy atom. The molecule has 1 aromatic rings. The third-order valence-corrected chi connectivity index (χ3v) is 3.26. The highest BCUT2D eigenvalue weighted by Crippen LogP contribution is 2.24. The molecule has 1 aromatic carbocycles. The summed E-state index contributed by atoms with van der Waals surface area (Å²) in [7, 11) is 0. The van der Waals surface area contributed by atoms with E-state index in [0.29, 0.717) is 0 Å². The van der Waals surface area contributed by atoms with Gasteiger partial charge < -0.3 is 10.1 Å². The van der Waals surface area contributed by atoms with Gasteiger partial charge in [0, 0.05) is 32.2 Å². The number of piperazine rings is 1. The Morgan fingerprint density at radius 3 is 2.45 bits per heavy atom. The Hall–Kier alpha value is -0.620. The maximum atomic E-state index is 12.2. The minimum absolute atomic E-state index is 0. The van der Waals surface area contributed by atoms with Crippen molar-refractivity contribution >= 4 is 24.8 Å². The Morgan fingerprint density at radius 2 is 1.85 bits per heavy atom. The molecule has 0 amide bonds. The van der Waals surface area contributed by atoms with Crippen molar-refractivity contribution in [2.75, 3.05) is 26.2 Å². The lowest BCUT2D eigenvalue weighted by atomic mass is 10.1. The number of hydrogen-bond donors (Lipinski definition) is 1. The third-order valence-electron chi connectivity index (χ3n) is 3.26. The van der Waals surface area contributed by atoms with Crippen molar-refractivity contribution in [3.63, 3.8) is 0 Å². The standard InChI is InChI=1S/C13H18F2N2O.2ClH/c1-10(17-7-5-16-6-8-17)11-3-2-4-12(9-11)18-13(14)15;;/h2-4,9-10,13,16H,5-8H2,1H3;2*1H/t10-;;/m1../s1. The van der Waals surface area contributed by atoms with Crippen LogP contribution in [0.5, 0.6) is 5.75 Å². The van der Waals surface area contributed by atoms with Crippen molar-refractivity contribution in [3.05, 3.63) is 29.8 Å². The maximum Gasteiger partial charge on any atom is 0.387 e. The fourth-order valence-corrected chi connectivity index (χ4v) is 2.23. The second-order valence-corrected chi connectivity index (χ2v) is 4.41. The molecule has 0 radical (unpaired) electrons. The molecule has 2 rings (SSSR count). The van der Waals surface area contributed by atoms with Crippen LogP contribution in [0.1, 0.15) is 18.5 Å². The molecule has 1 fully saturated rings. The summed E-state index contributed by atoms with van der Waals surface area (Å²) in [6.45, 7) is 3.21. The molecule has 116 valence electrons. The van der Waals surface area contributed by atoms with Crippen LogP contribution in [-0.4, -0.2) is 37.7 Å². The number of rotatable bonds is 4. The summed E-state index contributed by atoms with van der Waals surface area (Å²) in [5, 5.41) is 3.29. The van der Waals surface area contributed by atoms with E-state index in [9.17, 15) is 8.78 Å². The van der Waals surface area contributed by atoms with Gasteiger partial charge in [0.05, 0.1) is 0 Å². The summed E-state index contributed by atoms with van der Waals surface area (Å²) >= 11 is 0. The van der Waals surface area contributed by atoms with Crippen molar-refractivity contribution in [1.82, 2.24) is 10.2 Å². The number of halogens is 4. The molecule has 0 saturated carbocycles. The van der Waals surface area contributed by atoms with Gasteiger partial charge in [0.1, 0.15) is 5.75 Å². The van der Waals surface area contributed by atoms with Crippen LogP contribution < -0.4 is 10.1 Å². The molecule has 1 saturated heterocycles. The van der Waals surface area contributed by atoms with E-state index < -0.39 is 6.61 Å². The molecule has 0 bridgehead atoms. The Bertz CT molecular complexity index is 390. The molecule has 0 aromatic heterocycles. The largest absolute Gasteiger partial charge is 0.435 e. The van der Waals surface area contributed by atoms with Crippen LogP contribution in [0.3, 0.4) is 0 Å². The second kappa shape index (κ2) is 9.34. The van der Waals surface area contributed by atoms with Crippen LogP contribution >= 0.6 is 24.8 Å². The molecule has 3 nitrogen and oxygen atoms in total. The molecule has 1 aliphatic heterocycles. The number of benzene rings is 1. The Balaban J connectivity index is 0.00000180. The lowest BCUT2D eigenvalue weighted by Gasteiger charge is -2.33. The highest BCUT2D eigenvalue weighted by molar-refractivity contribution is 5.85. The van der Waals surface area contributed by atoms with E-state index >= 15 is 0 Å². The average Bonchev–Trinajstić information content (AvgIpc) is 2.38. The first-order valence-electron chi connectivity index (χ1n) is 6.16. The van der Waals surface area contributed by atoms with Crippen LogP contribution in [-0.2, 0) is 0 Å². The molecule has 20 heavy (non-hydrogen) atoms. The van der Waals surface area contributed by atoms with E-state index in [0.717, 1.165) is 31.7 Å². The number of ether oxygens (including phenoxy) is 1. The van der Waals surface area contributed by atoms with E-state index in [1.807, 2.05) is 6.07 Å². The number of hydrogen-bond acceptors (Lipinski definition) is 3. The summed E-state index contributed by atoms with van der Waals surface area (Å²) in [5.41, 5.74) is 1.01. The molecular formula is C13H20Cl2F2N2O. The van der Waals surface area contributed by atoms with E-state index in [1.54, 1.807) is 18.2 Å². The molecule has 1 N–H and O–H groups in total. The van der Waals surface area contributed by atoms with E-state index in [-0.39, 0.29) is 36.6 Å². The van der Waals surface area contributed by atoms with E-state index in [4.69, 9.17) is 0 Å². The predicted molar refractivity (Wildman–Crippen MR) is 80.4 cm³/mol. The van der Waals surface area contributed by atoms with Gasteiger partial charge in [0.15, 0.2) is 0 Å². The SMILES string of the molecule is C[C@H](c1cccc(OC(F)F)c1)N1CCNCC1.Cl.Cl. The number of nitrogens with one attached hydrogen (secondary N) is 1. The summed E-state index contributed by atoms with van der Waals surface area (Å²) in [6, 6.07) is 7.17. The monoisotopic (exact) mass is 328 g/mol. The molecule has 0 aliphatic carbocycles. The summed E-state index contributed by atoms with van der Waals surface area (Å²) < 4.78 is 28.8. The van der Waals surface area contributed by atoms with Crippen LogP contribution in [0.25, 0.3) is 0 Å². The second-order valence-electron chi connectivity index (χ2n) is 4.41. The first kappa shape index (κ1) is 19.4. The lowest BCUT2D eigenvalue weighted by molar-refractivity contribution is -0.0499. The van der Waals surface area contributed by atoms with E-state index in [2.05, 4.69) is 21.9 Å². The first-order valence-corrected chi connectivity index (χ1v) is 6.16. The zero-order chi connectivity index (χ0) is 13.0. The Kier molecular flexibility index (Phi) is 9.05. The van der Waals surface area contributed by atoms with Gasteiger partial charge >= 0.3 is 6.61 Å². The van der Waals surface area contributed by atoms with Crippen LogP contribution in [0.2, 0.25) is 0 Å². The normalized spacial score (nSPS) is 17.0. The van der Waals surface area contributed by atoms with Crippen LogP contribution in [0, 0.1) is 0 Å². The van der Waals surface area contributed by atoms with Gasteiger partial charge in [-0.15, -0.1) is 24.8 Å². The molecule has 0 spiro atoms. The molecule has 1 heterocycles. The summed E-state index contributed by atoms with van der Waals surface area (Å²) in [6.07, 6.45) is 0.